The first-order valence-electron chi connectivity index (χ1n) is 9.25. The molecule has 0 unspecified atom stereocenters. The van der Waals surface area contributed by atoms with E-state index in [-0.39, 0.29) is 0 Å². The summed E-state index contributed by atoms with van der Waals surface area (Å²) in [5.74, 6) is 1.44. The van der Waals surface area contributed by atoms with Crippen molar-refractivity contribution in [1.82, 2.24) is 15.6 Å². The Morgan fingerprint density at radius 1 is 1.15 bits per heavy atom. The molecule has 1 aromatic heterocycles. The first-order chi connectivity index (χ1) is 12.7. The summed E-state index contributed by atoms with van der Waals surface area (Å²) in [5, 5.41) is 6.61. The van der Waals surface area contributed by atoms with Gasteiger partial charge in [-0.25, -0.2) is 9.98 Å². The van der Waals surface area contributed by atoms with Gasteiger partial charge in [0.25, 0.3) is 0 Å². The quantitative estimate of drug-likeness (QED) is 0.386. The van der Waals surface area contributed by atoms with Gasteiger partial charge in [0.1, 0.15) is 12.0 Å². The number of hydrogen-bond acceptors (Lipinski definition) is 4. The number of aromatic nitrogens is 1. The Balaban J connectivity index is 1.85. The van der Waals surface area contributed by atoms with Gasteiger partial charge in [-0.05, 0) is 45.2 Å². The molecule has 2 N–H and O–H groups in total. The van der Waals surface area contributed by atoms with Crippen molar-refractivity contribution in [3.63, 3.8) is 0 Å². The number of ether oxygens (including phenoxy) is 1. The Bertz CT molecular complexity index is 665. The summed E-state index contributed by atoms with van der Waals surface area (Å²) in [7, 11) is 1.74. The van der Waals surface area contributed by atoms with E-state index < -0.39 is 0 Å². The summed E-state index contributed by atoms with van der Waals surface area (Å²) < 4.78 is 10.6. The fourth-order valence-corrected chi connectivity index (χ4v) is 2.47. The first kappa shape index (κ1) is 20.0. The van der Waals surface area contributed by atoms with Crippen LogP contribution < -0.4 is 10.6 Å². The molecule has 0 saturated heterocycles. The molecule has 2 rings (SSSR count). The molecule has 0 radical (unpaired) electrons. The van der Waals surface area contributed by atoms with Gasteiger partial charge in [-0.1, -0.05) is 17.7 Å². The average Bonchev–Trinajstić information content (AvgIpc) is 3.12. The molecule has 0 spiro atoms. The van der Waals surface area contributed by atoms with Crippen molar-refractivity contribution in [2.24, 2.45) is 4.99 Å². The fraction of sp³-hybridized carbons (Fsp3) is 0.500. The molecular weight excluding hydrogens is 328 g/mol. The number of methoxy groups -OCH3 is 1. The monoisotopic (exact) mass is 358 g/mol. The van der Waals surface area contributed by atoms with E-state index in [4.69, 9.17) is 9.15 Å². The smallest absolute Gasteiger partial charge is 0.226 e. The Hall–Kier alpha value is -2.34. The van der Waals surface area contributed by atoms with Crippen LogP contribution in [0.15, 0.2) is 39.9 Å². The van der Waals surface area contributed by atoms with Gasteiger partial charge in [0, 0.05) is 32.4 Å². The molecule has 0 amide bonds. The molecule has 26 heavy (non-hydrogen) atoms. The van der Waals surface area contributed by atoms with Crippen molar-refractivity contribution >= 4 is 5.96 Å². The standard InChI is InChI=1S/C20H30N4O2/c1-4-21-20(22-12-6-5-7-13-25-3)23-14-18-15-26-19(24-18)17-10-8-16(2)9-11-17/h8-11,15H,4-7,12-14H2,1-3H3,(H2,21,22,23). The van der Waals surface area contributed by atoms with E-state index in [0.29, 0.717) is 12.4 Å². The maximum absolute atomic E-state index is 5.59. The largest absolute Gasteiger partial charge is 0.444 e. The van der Waals surface area contributed by atoms with Crippen LogP contribution in [0.3, 0.4) is 0 Å². The lowest BCUT2D eigenvalue weighted by molar-refractivity contribution is 0.192. The summed E-state index contributed by atoms with van der Waals surface area (Å²) in [6.45, 7) is 7.14. The third-order valence-electron chi connectivity index (χ3n) is 3.91. The molecule has 0 aliphatic rings. The van der Waals surface area contributed by atoms with E-state index in [9.17, 15) is 0 Å². The molecule has 2 aromatic rings. The zero-order valence-corrected chi connectivity index (χ0v) is 16.0. The van der Waals surface area contributed by atoms with Gasteiger partial charge >= 0.3 is 0 Å². The molecule has 1 aromatic carbocycles. The number of unbranched alkanes of at least 4 members (excludes halogenated alkanes) is 2. The zero-order chi connectivity index (χ0) is 18.6. The van der Waals surface area contributed by atoms with Crippen molar-refractivity contribution in [3.05, 3.63) is 41.8 Å². The number of aryl methyl sites for hydroxylation is 1. The zero-order valence-electron chi connectivity index (χ0n) is 16.0. The van der Waals surface area contributed by atoms with Crippen molar-refractivity contribution in [2.45, 2.75) is 39.7 Å². The molecule has 0 saturated carbocycles. The van der Waals surface area contributed by atoms with Gasteiger partial charge < -0.3 is 19.8 Å². The lowest BCUT2D eigenvalue weighted by Gasteiger charge is -2.10. The van der Waals surface area contributed by atoms with E-state index in [1.54, 1.807) is 13.4 Å². The number of oxazole rings is 1. The van der Waals surface area contributed by atoms with Crippen LogP contribution in [0.1, 0.15) is 37.4 Å². The second-order valence-electron chi connectivity index (χ2n) is 6.19. The van der Waals surface area contributed by atoms with E-state index >= 15 is 0 Å². The molecule has 0 atom stereocenters. The topological polar surface area (TPSA) is 71.7 Å². The summed E-state index contributed by atoms with van der Waals surface area (Å²) in [4.78, 5) is 9.12. The van der Waals surface area contributed by atoms with E-state index in [1.165, 1.54) is 5.56 Å². The van der Waals surface area contributed by atoms with Gasteiger partial charge in [-0.3, -0.25) is 0 Å². The van der Waals surface area contributed by atoms with Crippen molar-refractivity contribution in [3.8, 4) is 11.5 Å². The Kier molecular flexibility index (Phi) is 8.69. The average molecular weight is 358 g/mol. The molecule has 0 fully saturated rings. The number of nitrogens with one attached hydrogen (secondary N) is 2. The maximum Gasteiger partial charge on any atom is 0.226 e. The van der Waals surface area contributed by atoms with Crippen LogP contribution in [0.25, 0.3) is 11.5 Å². The first-order valence-corrected chi connectivity index (χ1v) is 9.25. The van der Waals surface area contributed by atoms with E-state index in [1.807, 2.05) is 12.1 Å². The second kappa shape index (κ2) is 11.3. The van der Waals surface area contributed by atoms with Crippen molar-refractivity contribution in [2.75, 3.05) is 26.8 Å². The molecule has 0 aliphatic carbocycles. The van der Waals surface area contributed by atoms with Crippen LogP contribution in [0.2, 0.25) is 0 Å². The number of rotatable bonds is 10. The predicted octanol–water partition coefficient (Wildman–Crippen LogP) is 3.52. The van der Waals surface area contributed by atoms with Crippen LogP contribution in [0.4, 0.5) is 0 Å². The predicted molar refractivity (Wildman–Crippen MR) is 105 cm³/mol. The van der Waals surface area contributed by atoms with Gasteiger partial charge in [0.2, 0.25) is 5.89 Å². The molecule has 1 heterocycles. The minimum absolute atomic E-state index is 0.481. The highest BCUT2D eigenvalue weighted by atomic mass is 16.5. The van der Waals surface area contributed by atoms with Crippen LogP contribution >= 0.6 is 0 Å². The van der Waals surface area contributed by atoms with Gasteiger partial charge in [0.05, 0.1) is 6.54 Å². The Morgan fingerprint density at radius 3 is 2.69 bits per heavy atom. The van der Waals surface area contributed by atoms with Crippen LogP contribution in [-0.4, -0.2) is 37.7 Å². The molecule has 6 heteroatoms. The SMILES string of the molecule is CCNC(=NCc1coc(-c2ccc(C)cc2)n1)NCCCCCOC. The third-order valence-corrected chi connectivity index (χ3v) is 3.91. The third kappa shape index (κ3) is 6.88. The van der Waals surface area contributed by atoms with Crippen molar-refractivity contribution < 1.29 is 9.15 Å². The lowest BCUT2D eigenvalue weighted by Crippen LogP contribution is -2.37. The van der Waals surface area contributed by atoms with Gasteiger partial charge in [0.15, 0.2) is 5.96 Å². The summed E-state index contributed by atoms with van der Waals surface area (Å²) in [5.41, 5.74) is 3.01. The second-order valence-corrected chi connectivity index (χ2v) is 6.19. The van der Waals surface area contributed by atoms with E-state index in [2.05, 4.69) is 46.6 Å². The number of guanidine groups is 1. The highest BCUT2D eigenvalue weighted by Gasteiger charge is 2.06. The normalized spacial score (nSPS) is 11.6. The Labute approximate surface area is 156 Å². The molecular formula is C20H30N4O2. The van der Waals surface area contributed by atoms with Gasteiger partial charge in [-0.2, -0.15) is 0 Å². The molecule has 6 nitrogen and oxygen atoms in total. The lowest BCUT2D eigenvalue weighted by atomic mass is 10.1. The van der Waals surface area contributed by atoms with Crippen molar-refractivity contribution in [1.29, 1.82) is 0 Å². The molecule has 0 aliphatic heterocycles. The summed E-state index contributed by atoms with van der Waals surface area (Å²) >= 11 is 0. The minimum Gasteiger partial charge on any atom is -0.444 e. The highest BCUT2D eigenvalue weighted by molar-refractivity contribution is 5.79. The molecule has 0 bridgehead atoms. The van der Waals surface area contributed by atoms with Crippen LogP contribution in [-0.2, 0) is 11.3 Å². The number of nitrogens with zero attached hydrogens (tertiary/aromatic N) is 2. The number of benzene rings is 1. The maximum atomic E-state index is 5.59. The van der Waals surface area contributed by atoms with E-state index in [0.717, 1.165) is 56.2 Å². The summed E-state index contributed by atoms with van der Waals surface area (Å²) in [6.07, 6.45) is 5.00. The minimum atomic E-state index is 0.481. The number of hydrogen-bond donors (Lipinski definition) is 2. The summed E-state index contributed by atoms with van der Waals surface area (Å²) in [6, 6.07) is 8.14. The van der Waals surface area contributed by atoms with Crippen LogP contribution in [0, 0.1) is 6.92 Å². The van der Waals surface area contributed by atoms with Gasteiger partial charge in [-0.15, -0.1) is 0 Å². The fourth-order valence-electron chi connectivity index (χ4n) is 2.47. The highest BCUT2D eigenvalue weighted by Crippen LogP contribution is 2.19. The number of aliphatic imine (C=N–C) groups is 1. The van der Waals surface area contributed by atoms with Crippen LogP contribution in [0.5, 0.6) is 0 Å². The Morgan fingerprint density at radius 2 is 1.96 bits per heavy atom. The molecule has 142 valence electrons.